The molecule has 0 aromatic carbocycles. The molecule has 1 fully saturated rings. The number of rotatable bonds is 6. The van der Waals surface area contributed by atoms with E-state index in [1.165, 1.54) is 7.11 Å². The standard InChI is InChI=1S/C11H17NO6/c1-5(2)7-8(18-11(7)16)9(13)12-6(4-17-3)10(14)15/h5-8H,4H2,1-3H3,(H,12,13)(H,14,15)/t6-,7-,8+/m0/s1. The zero-order valence-corrected chi connectivity index (χ0v) is 10.5. The Bertz CT molecular complexity index is 353. The van der Waals surface area contributed by atoms with E-state index in [1.807, 2.05) is 0 Å². The highest BCUT2D eigenvalue weighted by molar-refractivity contribution is 5.95. The molecular weight excluding hydrogens is 242 g/mol. The van der Waals surface area contributed by atoms with Crippen LogP contribution in [0.15, 0.2) is 0 Å². The van der Waals surface area contributed by atoms with Crippen LogP contribution in [0.1, 0.15) is 13.8 Å². The first-order chi connectivity index (χ1) is 8.38. The van der Waals surface area contributed by atoms with Crippen LogP contribution in [0.25, 0.3) is 0 Å². The molecule has 18 heavy (non-hydrogen) atoms. The van der Waals surface area contributed by atoms with Gasteiger partial charge in [-0.3, -0.25) is 9.59 Å². The topological polar surface area (TPSA) is 102 Å². The Kier molecular flexibility index (Phi) is 4.66. The van der Waals surface area contributed by atoms with Gasteiger partial charge in [-0.25, -0.2) is 4.79 Å². The van der Waals surface area contributed by atoms with Crippen LogP contribution in [-0.2, 0) is 23.9 Å². The van der Waals surface area contributed by atoms with E-state index in [2.05, 4.69) is 10.1 Å². The normalized spacial score (nSPS) is 24.1. The number of carbonyl (C=O) groups excluding carboxylic acids is 2. The quantitative estimate of drug-likeness (QED) is 0.617. The maximum atomic E-state index is 11.8. The van der Waals surface area contributed by atoms with Gasteiger partial charge >= 0.3 is 11.9 Å². The number of hydrogen-bond donors (Lipinski definition) is 2. The van der Waals surface area contributed by atoms with E-state index in [4.69, 9.17) is 9.84 Å². The van der Waals surface area contributed by atoms with Crippen molar-refractivity contribution >= 4 is 17.8 Å². The van der Waals surface area contributed by atoms with Gasteiger partial charge in [0, 0.05) is 7.11 Å². The second kappa shape index (κ2) is 5.81. The Morgan fingerprint density at radius 2 is 2.11 bits per heavy atom. The van der Waals surface area contributed by atoms with Gasteiger partial charge in [0.15, 0.2) is 12.1 Å². The molecule has 2 N–H and O–H groups in total. The van der Waals surface area contributed by atoms with Gasteiger partial charge < -0.3 is 19.9 Å². The molecule has 0 aliphatic carbocycles. The molecule has 7 heteroatoms. The van der Waals surface area contributed by atoms with Crippen LogP contribution >= 0.6 is 0 Å². The van der Waals surface area contributed by atoms with Crippen molar-refractivity contribution in [3.05, 3.63) is 0 Å². The van der Waals surface area contributed by atoms with E-state index >= 15 is 0 Å². The number of hydrogen-bond acceptors (Lipinski definition) is 5. The highest BCUT2D eigenvalue weighted by atomic mass is 16.6. The van der Waals surface area contributed by atoms with Gasteiger partial charge in [0.1, 0.15) is 5.92 Å². The van der Waals surface area contributed by atoms with E-state index in [0.717, 1.165) is 0 Å². The fourth-order valence-corrected chi connectivity index (χ4v) is 1.76. The molecule has 0 radical (unpaired) electrons. The maximum absolute atomic E-state index is 11.8. The molecule has 102 valence electrons. The lowest BCUT2D eigenvalue weighted by Gasteiger charge is -2.36. The predicted molar refractivity (Wildman–Crippen MR) is 59.7 cm³/mol. The lowest BCUT2D eigenvalue weighted by Crippen LogP contribution is -2.58. The third-order valence-electron chi connectivity index (χ3n) is 2.77. The third kappa shape index (κ3) is 2.98. The SMILES string of the molecule is COC[C@H](NC(=O)[C@@H]1OC(=O)[C@H]1C(C)C)C(=O)O. The molecule has 1 aliphatic rings. The summed E-state index contributed by atoms with van der Waals surface area (Å²) in [4.78, 5) is 33.8. The minimum absolute atomic E-state index is 0.0345. The Morgan fingerprint density at radius 1 is 1.50 bits per heavy atom. The molecule has 1 heterocycles. The molecule has 7 nitrogen and oxygen atoms in total. The number of amides is 1. The van der Waals surface area contributed by atoms with Crippen LogP contribution in [0.3, 0.4) is 0 Å². The Morgan fingerprint density at radius 3 is 2.50 bits per heavy atom. The molecule has 0 spiro atoms. The summed E-state index contributed by atoms with van der Waals surface area (Å²) in [5.41, 5.74) is 0. The lowest BCUT2D eigenvalue weighted by atomic mass is 9.85. The largest absolute Gasteiger partial charge is 0.480 e. The van der Waals surface area contributed by atoms with Gasteiger partial charge in [-0.05, 0) is 5.92 Å². The number of cyclic esters (lactones) is 1. The van der Waals surface area contributed by atoms with Crippen LogP contribution in [0.4, 0.5) is 0 Å². The molecule has 0 unspecified atom stereocenters. The average Bonchev–Trinajstić information content (AvgIpc) is 2.23. The van der Waals surface area contributed by atoms with Gasteiger partial charge in [-0.2, -0.15) is 0 Å². The number of nitrogens with one attached hydrogen (secondary N) is 1. The smallest absolute Gasteiger partial charge is 0.328 e. The molecule has 1 aliphatic heterocycles. The van der Waals surface area contributed by atoms with Gasteiger partial charge in [0.25, 0.3) is 5.91 Å². The molecule has 0 saturated carbocycles. The Hall–Kier alpha value is -1.63. The summed E-state index contributed by atoms with van der Waals surface area (Å²) >= 11 is 0. The van der Waals surface area contributed by atoms with E-state index in [-0.39, 0.29) is 12.5 Å². The van der Waals surface area contributed by atoms with Crippen molar-refractivity contribution in [1.29, 1.82) is 0 Å². The van der Waals surface area contributed by atoms with Crippen molar-refractivity contribution in [3.63, 3.8) is 0 Å². The monoisotopic (exact) mass is 259 g/mol. The minimum atomic E-state index is -1.20. The summed E-state index contributed by atoms with van der Waals surface area (Å²) in [5, 5.41) is 11.1. The van der Waals surface area contributed by atoms with E-state index < -0.39 is 35.9 Å². The van der Waals surface area contributed by atoms with Crippen LogP contribution in [-0.4, -0.2) is 48.8 Å². The number of aliphatic carboxylic acids is 1. The summed E-state index contributed by atoms with van der Waals surface area (Å²) < 4.78 is 9.44. The maximum Gasteiger partial charge on any atom is 0.328 e. The van der Waals surface area contributed by atoms with Gasteiger partial charge in [0.2, 0.25) is 0 Å². The van der Waals surface area contributed by atoms with Crippen molar-refractivity contribution in [2.75, 3.05) is 13.7 Å². The molecule has 1 rings (SSSR count). The van der Waals surface area contributed by atoms with Crippen molar-refractivity contribution in [3.8, 4) is 0 Å². The van der Waals surface area contributed by atoms with Crippen molar-refractivity contribution in [2.45, 2.75) is 26.0 Å². The average molecular weight is 259 g/mol. The van der Waals surface area contributed by atoms with E-state index in [1.54, 1.807) is 13.8 Å². The van der Waals surface area contributed by atoms with Crippen LogP contribution < -0.4 is 5.32 Å². The number of ether oxygens (including phenoxy) is 2. The molecule has 0 aromatic rings. The highest BCUT2D eigenvalue weighted by Crippen LogP contribution is 2.29. The molecule has 1 amide bonds. The number of methoxy groups -OCH3 is 1. The van der Waals surface area contributed by atoms with Crippen LogP contribution in [0.2, 0.25) is 0 Å². The second-order valence-electron chi connectivity index (χ2n) is 4.48. The van der Waals surface area contributed by atoms with Crippen molar-refractivity contribution < 1.29 is 29.0 Å². The summed E-state index contributed by atoms with van der Waals surface area (Å²) in [6.45, 7) is 3.46. The number of carbonyl (C=O) groups is 3. The van der Waals surface area contributed by atoms with E-state index in [0.29, 0.717) is 0 Å². The van der Waals surface area contributed by atoms with Crippen LogP contribution in [0.5, 0.6) is 0 Å². The molecule has 0 aromatic heterocycles. The fraction of sp³-hybridized carbons (Fsp3) is 0.727. The first kappa shape index (κ1) is 14.4. The molecule has 3 atom stereocenters. The predicted octanol–water partition coefficient (Wildman–Crippen LogP) is -0.600. The lowest BCUT2D eigenvalue weighted by molar-refractivity contribution is -0.193. The molecule has 0 bridgehead atoms. The van der Waals surface area contributed by atoms with Gasteiger partial charge in [0.05, 0.1) is 6.61 Å². The van der Waals surface area contributed by atoms with Crippen LogP contribution in [0, 0.1) is 11.8 Å². The first-order valence-electron chi connectivity index (χ1n) is 5.61. The molecular formula is C11H17NO6. The Labute approximate surface area is 104 Å². The summed E-state index contributed by atoms with van der Waals surface area (Å²) in [6.07, 6.45) is -0.906. The highest BCUT2D eigenvalue weighted by Gasteiger charge is 2.49. The fourth-order valence-electron chi connectivity index (χ4n) is 1.76. The summed E-state index contributed by atoms with van der Waals surface area (Å²) in [6, 6.07) is -1.14. The zero-order chi connectivity index (χ0) is 13.9. The second-order valence-corrected chi connectivity index (χ2v) is 4.48. The van der Waals surface area contributed by atoms with E-state index in [9.17, 15) is 14.4 Å². The first-order valence-corrected chi connectivity index (χ1v) is 5.61. The minimum Gasteiger partial charge on any atom is -0.480 e. The third-order valence-corrected chi connectivity index (χ3v) is 2.77. The Balaban J connectivity index is 2.60. The summed E-state index contributed by atoms with van der Waals surface area (Å²) in [7, 11) is 1.34. The van der Waals surface area contributed by atoms with Gasteiger partial charge in [-0.1, -0.05) is 13.8 Å². The zero-order valence-electron chi connectivity index (χ0n) is 10.5. The number of carboxylic acid groups (broad SMARTS) is 1. The number of carboxylic acids is 1. The summed E-state index contributed by atoms with van der Waals surface area (Å²) in [5.74, 6) is -2.77. The van der Waals surface area contributed by atoms with Crippen molar-refractivity contribution in [1.82, 2.24) is 5.32 Å². The molecule has 1 saturated heterocycles. The number of esters is 1. The van der Waals surface area contributed by atoms with Gasteiger partial charge in [-0.15, -0.1) is 0 Å². The van der Waals surface area contributed by atoms with Crippen molar-refractivity contribution in [2.24, 2.45) is 11.8 Å².